The number of ether oxygens (including phenoxy) is 2. The van der Waals surface area contributed by atoms with Gasteiger partial charge in [0.1, 0.15) is 0 Å². The smallest absolute Gasteiger partial charge is 0.251 e. The first-order valence-corrected chi connectivity index (χ1v) is 8.72. The minimum Gasteiger partial charge on any atom is -0.504 e. The molecule has 0 saturated carbocycles. The Labute approximate surface area is 157 Å². The molecule has 1 fully saturated rings. The number of phenolic OH excluding ortho intramolecular Hbond substituents is 1. The molecule has 0 spiro atoms. The molecule has 2 aromatic rings. The van der Waals surface area contributed by atoms with Gasteiger partial charge in [-0.15, -0.1) is 0 Å². The van der Waals surface area contributed by atoms with Crippen molar-refractivity contribution in [3.05, 3.63) is 58.1 Å². The summed E-state index contributed by atoms with van der Waals surface area (Å²) in [5, 5.41) is 16.5. The fraction of sp³-hybridized carbons (Fsp3) is 0.316. The lowest BCUT2D eigenvalue weighted by molar-refractivity contribution is 0.0270. The third-order valence-electron chi connectivity index (χ3n) is 4.23. The summed E-state index contributed by atoms with van der Waals surface area (Å²) >= 11 is 6.09. The molecule has 1 saturated heterocycles. The monoisotopic (exact) mass is 376 g/mol. The largest absolute Gasteiger partial charge is 0.504 e. The Morgan fingerprint density at radius 2 is 2.23 bits per heavy atom. The molecule has 1 aliphatic rings. The number of hydrogen-bond donors (Lipinski definition) is 3. The molecule has 6 nitrogen and oxygen atoms in total. The summed E-state index contributed by atoms with van der Waals surface area (Å²) in [6, 6.07) is 10.2. The Kier molecular flexibility index (Phi) is 5.98. The SMILES string of the molecule is COc1ccc(CNC(=O)c2cc(Cl)ccc2C2CNCCO2)cc1O. The number of hydrogen-bond acceptors (Lipinski definition) is 5. The first kappa shape index (κ1) is 18.5. The number of carbonyl (C=O) groups excluding carboxylic acids is 1. The summed E-state index contributed by atoms with van der Waals surface area (Å²) in [6.45, 7) is 2.31. The molecule has 1 unspecified atom stereocenters. The highest BCUT2D eigenvalue weighted by Crippen LogP contribution is 2.27. The van der Waals surface area contributed by atoms with Crippen molar-refractivity contribution in [3.63, 3.8) is 0 Å². The number of benzene rings is 2. The van der Waals surface area contributed by atoms with Gasteiger partial charge in [0.25, 0.3) is 5.91 Å². The Balaban J connectivity index is 1.74. The lowest BCUT2D eigenvalue weighted by Crippen LogP contribution is -2.35. The Morgan fingerprint density at radius 3 is 2.92 bits per heavy atom. The number of amides is 1. The van der Waals surface area contributed by atoms with Crippen LogP contribution in [-0.2, 0) is 11.3 Å². The second-order valence-electron chi connectivity index (χ2n) is 5.98. The van der Waals surface area contributed by atoms with Crippen LogP contribution in [0.4, 0.5) is 0 Å². The van der Waals surface area contributed by atoms with E-state index in [1.54, 1.807) is 30.3 Å². The van der Waals surface area contributed by atoms with Crippen molar-refractivity contribution in [2.45, 2.75) is 12.6 Å². The number of carbonyl (C=O) groups is 1. The van der Waals surface area contributed by atoms with Gasteiger partial charge in [0, 0.05) is 30.2 Å². The first-order chi connectivity index (χ1) is 12.6. The Morgan fingerprint density at radius 1 is 1.38 bits per heavy atom. The fourth-order valence-corrected chi connectivity index (χ4v) is 3.07. The van der Waals surface area contributed by atoms with Crippen molar-refractivity contribution < 1.29 is 19.4 Å². The van der Waals surface area contributed by atoms with Crippen LogP contribution in [0.25, 0.3) is 0 Å². The van der Waals surface area contributed by atoms with Crippen LogP contribution in [0.3, 0.4) is 0 Å². The number of methoxy groups -OCH3 is 1. The molecule has 1 amide bonds. The summed E-state index contributed by atoms with van der Waals surface area (Å²) < 4.78 is 10.8. The van der Waals surface area contributed by atoms with E-state index in [2.05, 4.69) is 10.6 Å². The molecule has 1 aliphatic heterocycles. The van der Waals surface area contributed by atoms with Gasteiger partial charge < -0.3 is 25.2 Å². The summed E-state index contributed by atoms with van der Waals surface area (Å²) in [5.74, 6) is 0.176. The molecule has 26 heavy (non-hydrogen) atoms. The van der Waals surface area contributed by atoms with Crippen molar-refractivity contribution in [3.8, 4) is 11.5 Å². The van der Waals surface area contributed by atoms with Crippen molar-refractivity contribution in [1.82, 2.24) is 10.6 Å². The van der Waals surface area contributed by atoms with Gasteiger partial charge in [-0.2, -0.15) is 0 Å². The van der Waals surface area contributed by atoms with Crippen LogP contribution in [0.1, 0.15) is 27.6 Å². The number of nitrogens with one attached hydrogen (secondary N) is 2. The van der Waals surface area contributed by atoms with Crippen LogP contribution in [0, 0.1) is 0 Å². The maximum Gasteiger partial charge on any atom is 0.251 e. The number of phenols is 1. The number of morpholine rings is 1. The second kappa shape index (κ2) is 8.40. The summed E-state index contributed by atoms with van der Waals surface area (Å²) in [4.78, 5) is 12.7. The zero-order valence-electron chi connectivity index (χ0n) is 14.4. The third kappa shape index (κ3) is 4.27. The highest BCUT2D eigenvalue weighted by atomic mass is 35.5. The highest BCUT2D eigenvalue weighted by molar-refractivity contribution is 6.31. The van der Waals surface area contributed by atoms with E-state index in [0.717, 1.165) is 17.7 Å². The molecule has 1 heterocycles. The predicted octanol–water partition coefficient (Wildman–Crippen LogP) is 2.65. The van der Waals surface area contributed by atoms with E-state index < -0.39 is 0 Å². The topological polar surface area (TPSA) is 79.8 Å². The van der Waals surface area contributed by atoms with Gasteiger partial charge in [-0.25, -0.2) is 0 Å². The average molecular weight is 377 g/mol. The van der Waals surface area contributed by atoms with E-state index in [0.29, 0.717) is 29.5 Å². The van der Waals surface area contributed by atoms with Crippen LogP contribution in [-0.4, -0.2) is 37.8 Å². The van der Waals surface area contributed by atoms with Crippen molar-refractivity contribution >= 4 is 17.5 Å². The van der Waals surface area contributed by atoms with E-state index in [1.165, 1.54) is 7.11 Å². The lowest BCUT2D eigenvalue weighted by atomic mass is 10.0. The van der Waals surface area contributed by atoms with Gasteiger partial charge >= 0.3 is 0 Å². The number of halogens is 1. The third-order valence-corrected chi connectivity index (χ3v) is 4.47. The molecule has 138 valence electrons. The number of rotatable bonds is 5. The van der Waals surface area contributed by atoms with E-state index in [1.807, 2.05) is 6.07 Å². The van der Waals surface area contributed by atoms with E-state index in [4.69, 9.17) is 21.1 Å². The molecule has 3 N–H and O–H groups in total. The van der Waals surface area contributed by atoms with Gasteiger partial charge in [0.05, 0.1) is 19.8 Å². The van der Waals surface area contributed by atoms with Crippen LogP contribution < -0.4 is 15.4 Å². The molecular formula is C19H21ClN2O4. The lowest BCUT2D eigenvalue weighted by Gasteiger charge is -2.25. The van der Waals surface area contributed by atoms with Crippen LogP contribution in [0.15, 0.2) is 36.4 Å². The molecule has 0 radical (unpaired) electrons. The summed E-state index contributed by atoms with van der Waals surface area (Å²) in [5.41, 5.74) is 2.05. The maximum absolute atomic E-state index is 12.7. The van der Waals surface area contributed by atoms with Gasteiger partial charge in [0.15, 0.2) is 11.5 Å². The molecule has 1 atom stereocenters. The van der Waals surface area contributed by atoms with E-state index >= 15 is 0 Å². The second-order valence-corrected chi connectivity index (χ2v) is 6.42. The minimum atomic E-state index is -0.244. The van der Waals surface area contributed by atoms with Crippen LogP contribution in [0.5, 0.6) is 11.5 Å². The van der Waals surface area contributed by atoms with Crippen molar-refractivity contribution in [2.75, 3.05) is 26.8 Å². The standard InChI is InChI=1S/C19H21ClN2O4/c1-25-17-5-2-12(8-16(17)23)10-22-19(24)15-9-13(20)3-4-14(15)18-11-21-6-7-26-18/h2-5,8-9,18,21,23H,6-7,10-11H2,1H3,(H,22,24). The van der Waals surface area contributed by atoms with Crippen molar-refractivity contribution in [2.24, 2.45) is 0 Å². The number of aromatic hydroxyl groups is 1. The molecule has 0 bridgehead atoms. The van der Waals surface area contributed by atoms with Crippen molar-refractivity contribution in [1.29, 1.82) is 0 Å². The summed E-state index contributed by atoms with van der Waals surface area (Å²) in [6.07, 6.45) is -0.188. The van der Waals surface area contributed by atoms with Gasteiger partial charge in [0.2, 0.25) is 0 Å². The Bertz CT molecular complexity index is 791. The quantitative estimate of drug-likeness (QED) is 0.747. The normalized spacial score (nSPS) is 16.9. The Hall–Kier alpha value is -2.28. The zero-order valence-corrected chi connectivity index (χ0v) is 15.2. The summed E-state index contributed by atoms with van der Waals surface area (Å²) in [7, 11) is 1.49. The highest BCUT2D eigenvalue weighted by Gasteiger charge is 2.22. The maximum atomic E-state index is 12.7. The molecule has 7 heteroatoms. The molecular weight excluding hydrogens is 356 g/mol. The molecule has 3 rings (SSSR count). The minimum absolute atomic E-state index is 0.0318. The predicted molar refractivity (Wildman–Crippen MR) is 98.8 cm³/mol. The fourth-order valence-electron chi connectivity index (χ4n) is 2.89. The van der Waals surface area contributed by atoms with Gasteiger partial charge in [-0.3, -0.25) is 4.79 Å². The van der Waals surface area contributed by atoms with E-state index in [-0.39, 0.29) is 24.3 Å². The molecule has 2 aromatic carbocycles. The molecule has 0 aliphatic carbocycles. The van der Waals surface area contributed by atoms with Gasteiger partial charge in [-0.1, -0.05) is 23.7 Å². The molecule has 0 aromatic heterocycles. The average Bonchev–Trinajstić information content (AvgIpc) is 2.67. The van der Waals surface area contributed by atoms with Crippen LogP contribution >= 0.6 is 11.6 Å². The van der Waals surface area contributed by atoms with Gasteiger partial charge in [-0.05, 0) is 35.4 Å². The van der Waals surface area contributed by atoms with E-state index in [9.17, 15) is 9.90 Å². The van der Waals surface area contributed by atoms with Crippen LogP contribution in [0.2, 0.25) is 5.02 Å². The first-order valence-electron chi connectivity index (χ1n) is 8.34. The zero-order chi connectivity index (χ0) is 18.5.